The van der Waals surface area contributed by atoms with Gasteiger partial charge in [0.05, 0.1) is 0 Å². The highest BCUT2D eigenvalue weighted by atomic mass is 16.5. The molecule has 0 heterocycles. The molecule has 0 radical (unpaired) electrons. The number of carboxylic acid groups (broad SMARTS) is 1. The molecule has 1 aliphatic rings. The summed E-state index contributed by atoms with van der Waals surface area (Å²) in [6.07, 6.45) is 3.38. The fraction of sp³-hybridized carbons (Fsp3) is 0.889. The van der Waals surface area contributed by atoms with Gasteiger partial charge < -0.3 is 9.84 Å². The van der Waals surface area contributed by atoms with E-state index in [-0.39, 0.29) is 0 Å². The van der Waals surface area contributed by atoms with Crippen LogP contribution >= 0.6 is 0 Å². The summed E-state index contributed by atoms with van der Waals surface area (Å²) in [5, 5.41) is 8.95. The van der Waals surface area contributed by atoms with E-state index >= 15 is 0 Å². The molecule has 0 aromatic heterocycles. The Bertz CT molecular complexity index is 179. The number of carbonyl (C=O) groups is 1. The van der Waals surface area contributed by atoms with Crippen molar-refractivity contribution in [1.29, 1.82) is 0 Å². The van der Waals surface area contributed by atoms with Gasteiger partial charge in [-0.05, 0) is 25.2 Å². The quantitative estimate of drug-likeness (QED) is 0.704. The van der Waals surface area contributed by atoms with Crippen molar-refractivity contribution in [3.8, 4) is 0 Å². The molecule has 3 heteroatoms. The van der Waals surface area contributed by atoms with Crippen LogP contribution in [0.1, 0.15) is 32.6 Å². The highest BCUT2D eigenvalue weighted by molar-refractivity contribution is 5.77. The van der Waals surface area contributed by atoms with Gasteiger partial charge in [-0.3, -0.25) is 0 Å². The lowest BCUT2D eigenvalue weighted by atomic mass is 9.99. The predicted molar refractivity (Wildman–Crippen MR) is 45.0 cm³/mol. The second-order valence-electron chi connectivity index (χ2n) is 3.52. The van der Waals surface area contributed by atoms with Crippen LogP contribution in [0.3, 0.4) is 0 Å². The molecule has 0 amide bonds. The number of hydrogen-bond donors (Lipinski definition) is 1. The molecule has 1 fully saturated rings. The average molecular weight is 172 g/mol. The number of hydrogen-bond acceptors (Lipinski definition) is 2. The zero-order chi connectivity index (χ0) is 9.19. The molecule has 2 atom stereocenters. The van der Waals surface area contributed by atoms with Gasteiger partial charge in [-0.15, -0.1) is 0 Å². The van der Waals surface area contributed by atoms with E-state index in [4.69, 9.17) is 9.84 Å². The summed E-state index contributed by atoms with van der Waals surface area (Å²) in [6.45, 7) is 2.10. The van der Waals surface area contributed by atoms with E-state index in [0.717, 1.165) is 12.8 Å². The van der Waals surface area contributed by atoms with E-state index in [1.807, 2.05) is 0 Å². The van der Waals surface area contributed by atoms with Crippen LogP contribution in [-0.2, 0) is 9.53 Å². The Morgan fingerprint density at radius 1 is 1.75 bits per heavy atom. The van der Waals surface area contributed by atoms with Crippen LogP contribution in [-0.4, -0.2) is 23.8 Å². The zero-order valence-electron chi connectivity index (χ0n) is 7.67. The second-order valence-corrected chi connectivity index (χ2v) is 3.52. The molecule has 1 N–H and O–H groups in total. The van der Waals surface area contributed by atoms with Crippen LogP contribution in [0.2, 0.25) is 0 Å². The lowest BCUT2D eigenvalue weighted by Gasteiger charge is -2.22. The fourth-order valence-electron chi connectivity index (χ4n) is 1.92. The van der Waals surface area contributed by atoms with Crippen LogP contribution < -0.4 is 0 Å². The Kier molecular flexibility index (Phi) is 2.73. The Labute approximate surface area is 72.7 Å². The molecule has 0 spiro atoms. The molecular formula is C9H16O3. The minimum Gasteiger partial charge on any atom is -0.479 e. The summed E-state index contributed by atoms with van der Waals surface area (Å²) >= 11 is 0. The lowest BCUT2D eigenvalue weighted by molar-refractivity contribution is -0.161. The Balaban J connectivity index is 2.66. The molecular weight excluding hydrogens is 156 g/mol. The molecule has 1 aliphatic carbocycles. The number of methoxy groups -OCH3 is 1. The van der Waals surface area contributed by atoms with Crippen molar-refractivity contribution in [2.75, 3.05) is 7.11 Å². The summed E-state index contributed by atoms with van der Waals surface area (Å²) in [4.78, 5) is 10.9. The molecule has 1 saturated carbocycles. The van der Waals surface area contributed by atoms with Crippen molar-refractivity contribution < 1.29 is 14.6 Å². The first kappa shape index (κ1) is 9.52. The topological polar surface area (TPSA) is 46.5 Å². The minimum atomic E-state index is -0.874. The summed E-state index contributed by atoms with van der Waals surface area (Å²) in [5.41, 5.74) is -0.874. The van der Waals surface area contributed by atoms with Crippen LogP contribution in [0.15, 0.2) is 0 Å². The predicted octanol–water partition coefficient (Wildman–Crippen LogP) is 1.67. The van der Waals surface area contributed by atoms with Gasteiger partial charge in [0.1, 0.15) is 0 Å². The molecule has 2 unspecified atom stereocenters. The van der Waals surface area contributed by atoms with Crippen molar-refractivity contribution in [2.45, 2.75) is 38.2 Å². The first-order valence-corrected chi connectivity index (χ1v) is 4.43. The van der Waals surface area contributed by atoms with E-state index in [9.17, 15) is 4.79 Å². The maximum absolute atomic E-state index is 10.9. The fourth-order valence-corrected chi connectivity index (χ4v) is 1.92. The number of rotatable bonds is 3. The van der Waals surface area contributed by atoms with Crippen LogP contribution in [0.25, 0.3) is 0 Å². The molecule has 0 saturated heterocycles. The Morgan fingerprint density at radius 3 is 2.67 bits per heavy atom. The normalized spacial score (nSPS) is 35.3. The third-order valence-corrected chi connectivity index (χ3v) is 2.93. The van der Waals surface area contributed by atoms with Crippen molar-refractivity contribution >= 4 is 5.97 Å². The molecule has 0 aromatic rings. The van der Waals surface area contributed by atoms with E-state index < -0.39 is 11.6 Å². The summed E-state index contributed by atoms with van der Waals surface area (Å²) in [7, 11) is 1.49. The average Bonchev–Trinajstić information content (AvgIpc) is 2.48. The van der Waals surface area contributed by atoms with Crippen molar-refractivity contribution in [2.24, 2.45) is 5.92 Å². The SMILES string of the molecule is CCC1CCC(OC)(C(=O)O)C1. The smallest absolute Gasteiger partial charge is 0.335 e. The van der Waals surface area contributed by atoms with Crippen molar-refractivity contribution in [3.63, 3.8) is 0 Å². The molecule has 0 bridgehead atoms. The van der Waals surface area contributed by atoms with Crippen molar-refractivity contribution in [1.82, 2.24) is 0 Å². The largest absolute Gasteiger partial charge is 0.479 e. The van der Waals surface area contributed by atoms with E-state index in [0.29, 0.717) is 18.8 Å². The first-order valence-electron chi connectivity index (χ1n) is 4.43. The van der Waals surface area contributed by atoms with Gasteiger partial charge in [-0.1, -0.05) is 13.3 Å². The highest BCUT2D eigenvalue weighted by Gasteiger charge is 2.45. The van der Waals surface area contributed by atoms with E-state index in [1.165, 1.54) is 7.11 Å². The molecule has 12 heavy (non-hydrogen) atoms. The van der Waals surface area contributed by atoms with Crippen LogP contribution in [0.5, 0.6) is 0 Å². The number of ether oxygens (including phenoxy) is 1. The van der Waals surface area contributed by atoms with Crippen LogP contribution in [0.4, 0.5) is 0 Å². The number of aliphatic carboxylic acids is 1. The Morgan fingerprint density at radius 2 is 2.42 bits per heavy atom. The van der Waals surface area contributed by atoms with Gasteiger partial charge in [0.15, 0.2) is 5.60 Å². The second kappa shape index (κ2) is 3.44. The molecule has 0 aromatic carbocycles. The summed E-state index contributed by atoms with van der Waals surface area (Å²) < 4.78 is 5.09. The summed E-state index contributed by atoms with van der Waals surface area (Å²) in [6, 6.07) is 0. The molecule has 0 aliphatic heterocycles. The maximum atomic E-state index is 10.9. The Hall–Kier alpha value is -0.570. The molecule has 3 nitrogen and oxygen atoms in total. The van der Waals surface area contributed by atoms with Crippen molar-refractivity contribution in [3.05, 3.63) is 0 Å². The van der Waals surface area contributed by atoms with Crippen LogP contribution in [0, 0.1) is 5.92 Å². The van der Waals surface area contributed by atoms with Gasteiger partial charge in [0.25, 0.3) is 0 Å². The van der Waals surface area contributed by atoms with E-state index in [1.54, 1.807) is 0 Å². The summed E-state index contributed by atoms with van der Waals surface area (Å²) in [5.74, 6) is -0.276. The van der Waals surface area contributed by atoms with Gasteiger partial charge in [-0.2, -0.15) is 0 Å². The van der Waals surface area contributed by atoms with Gasteiger partial charge in [0, 0.05) is 7.11 Å². The van der Waals surface area contributed by atoms with Gasteiger partial charge in [-0.25, -0.2) is 4.79 Å². The van der Waals surface area contributed by atoms with E-state index in [2.05, 4.69) is 6.92 Å². The monoisotopic (exact) mass is 172 g/mol. The lowest BCUT2D eigenvalue weighted by Crippen LogP contribution is -2.37. The standard InChI is InChI=1S/C9H16O3/c1-3-7-4-5-9(6-7,12-2)8(10)11/h7H,3-6H2,1-2H3,(H,10,11). The number of carboxylic acids is 1. The van der Waals surface area contributed by atoms with Gasteiger partial charge in [0.2, 0.25) is 0 Å². The third kappa shape index (κ3) is 1.46. The third-order valence-electron chi connectivity index (χ3n) is 2.93. The molecule has 1 rings (SSSR count). The maximum Gasteiger partial charge on any atom is 0.335 e. The van der Waals surface area contributed by atoms with Gasteiger partial charge >= 0.3 is 5.97 Å². The first-order chi connectivity index (χ1) is 5.64. The molecule has 70 valence electrons. The zero-order valence-corrected chi connectivity index (χ0v) is 7.67. The highest BCUT2D eigenvalue weighted by Crippen LogP contribution is 2.38. The minimum absolute atomic E-state index is 0.529.